The second kappa shape index (κ2) is 9.92. The number of benzene rings is 2. The minimum absolute atomic E-state index is 0.0961. The number of halogens is 1. The van der Waals surface area contributed by atoms with Crippen LogP contribution in [0.2, 0.25) is 5.02 Å². The second-order valence-corrected chi connectivity index (χ2v) is 8.01. The van der Waals surface area contributed by atoms with Crippen LogP contribution in [0.25, 0.3) is 0 Å². The van der Waals surface area contributed by atoms with Gasteiger partial charge in [0, 0.05) is 17.1 Å². The molecule has 0 spiro atoms. The van der Waals surface area contributed by atoms with E-state index in [2.05, 4.69) is 30.4 Å². The molecule has 0 saturated carbocycles. The van der Waals surface area contributed by atoms with Crippen LogP contribution in [-0.4, -0.2) is 45.7 Å². The van der Waals surface area contributed by atoms with Crippen molar-refractivity contribution < 1.29 is 19.3 Å². The highest BCUT2D eigenvalue weighted by Crippen LogP contribution is 2.18. The number of carbonyl (C=O) groups excluding carboxylic acids is 1. The summed E-state index contributed by atoms with van der Waals surface area (Å²) in [7, 11) is 1.73. The Morgan fingerprint density at radius 3 is 2.57 bits per heavy atom. The SMILES string of the molecule is COc1ccc(C)cc1C[NH+]1CC[NH+](CC(=O)NCc2cccc(Cl)c2)CC1. The fourth-order valence-electron chi connectivity index (χ4n) is 3.76. The minimum Gasteiger partial charge on any atom is -0.496 e. The number of hydrogen-bond acceptors (Lipinski definition) is 2. The lowest BCUT2D eigenvalue weighted by Crippen LogP contribution is -3.28. The van der Waals surface area contributed by atoms with E-state index in [0.29, 0.717) is 18.1 Å². The molecule has 0 atom stereocenters. The first kappa shape index (κ1) is 20.6. The Labute approximate surface area is 172 Å². The van der Waals surface area contributed by atoms with Gasteiger partial charge in [0.2, 0.25) is 0 Å². The molecule has 0 bridgehead atoms. The van der Waals surface area contributed by atoms with Crippen molar-refractivity contribution in [2.45, 2.75) is 20.0 Å². The van der Waals surface area contributed by atoms with Crippen molar-refractivity contribution in [2.75, 3.05) is 39.8 Å². The lowest BCUT2D eigenvalue weighted by atomic mass is 10.1. The Kier molecular flexibility index (Phi) is 7.31. The van der Waals surface area contributed by atoms with Gasteiger partial charge >= 0.3 is 0 Å². The van der Waals surface area contributed by atoms with Gasteiger partial charge in [0.05, 0.1) is 7.11 Å². The van der Waals surface area contributed by atoms with Crippen molar-refractivity contribution in [3.05, 3.63) is 64.2 Å². The molecule has 1 heterocycles. The van der Waals surface area contributed by atoms with Gasteiger partial charge in [0.15, 0.2) is 6.54 Å². The maximum Gasteiger partial charge on any atom is 0.275 e. The van der Waals surface area contributed by atoms with E-state index in [0.717, 1.165) is 44.0 Å². The molecule has 28 heavy (non-hydrogen) atoms. The molecule has 1 aliphatic heterocycles. The maximum absolute atomic E-state index is 12.3. The molecule has 1 aliphatic rings. The van der Waals surface area contributed by atoms with Crippen LogP contribution in [0.1, 0.15) is 16.7 Å². The highest BCUT2D eigenvalue weighted by molar-refractivity contribution is 6.30. The molecule has 3 N–H and O–H groups in total. The predicted molar refractivity (Wildman–Crippen MR) is 111 cm³/mol. The monoisotopic (exact) mass is 403 g/mol. The first-order valence-electron chi connectivity index (χ1n) is 9.85. The van der Waals surface area contributed by atoms with Crippen molar-refractivity contribution >= 4 is 17.5 Å². The molecule has 1 saturated heterocycles. The van der Waals surface area contributed by atoms with Gasteiger partial charge in [-0.05, 0) is 36.8 Å². The van der Waals surface area contributed by atoms with Crippen LogP contribution in [0.3, 0.4) is 0 Å². The highest BCUT2D eigenvalue weighted by atomic mass is 35.5. The van der Waals surface area contributed by atoms with Gasteiger partial charge in [-0.1, -0.05) is 35.4 Å². The lowest BCUT2D eigenvalue weighted by molar-refractivity contribution is -1.02. The summed E-state index contributed by atoms with van der Waals surface area (Å²) in [6, 6.07) is 14.0. The quantitative estimate of drug-likeness (QED) is 0.621. The molecule has 2 aromatic rings. The standard InChI is InChI=1S/C22H28ClN3O2/c1-17-6-7-21(28-2)19(12-17)15-25-8-10-26(11-9-25)16-22(27)24-14-18-4-3-5-20(23)13-18/h3-7,12-13H,8-11,14-16H2,1-2H3,(H,24,27)/p+2. The van der Waals surface area contributed by atoms with Crippen LogP contribution in [-0.2, 0) is 17.9 Å². The third-order valence-corrected chi connectivity index (χ3v) is 5.56. The molecule has 6 heteroatoms. The smallest absolute Gasteiger partial charge is 0.275 e. The summed E-state index contributed by atoms with van der Waals surface area (Å²) in [5, 5.41) is 3.70. The zero-order valence-electron chi connectivity index (χ0n) is 16.7. The van der Waals surface area contributed by atoms with Crippen LogP contribution in [0.5, 0.6) is 5.75 Å². The van der Waals surface area contributed by atoms with E-state index >= 15 is 0 Å². The molecule has 0 aliphatic carbocycles. The summed E-state index contributed by atoms with van der Waals surface area (Å²) >= 11 is 5.99. The molecular weight excluding hydrogens is 374 g/mol. The Morgan fingerprint density at radius 2 is 1.86 bits per heavy atom. The Bertz CT molecular complexity index is 804. The second-order valence-electron chi connectivity index (χ2n) is 7.58. The van der Waals surface area contributed by atoms with Gasteiger partial charge in [-0.25, -0.2) is 0 Å². The summed E-state index contributed by atoms with van der Waals surface area (Å²) in [5.41, 5.74) is 3.55. The number of nitrogens with one attached hydrogen (secondary N) is 3. The Hall–Kier alpha value is -2.08. The number of hydrogen-bond donors (Lipinski definition) is 3. The molecule has 0 aromatic heterocycles. The topological polar surface area (TPSA) is 47.2 Å². The molecule has 3 rings (SSSR count). The first-order valence-corrected chi connectivity index (χ1v) is 10.2. The maximum atomic E-state index is 12.3. The van der Waals surface area contributed by atoms with Gasteiger partial charge < -0.3 is 19.9 Å². The zero-order chi connectivity index (χ0) is 19.9. The number of amides is 1. The van der Waals surface area contributed by atoms with Gasteiger partial charge in [-0.2, -0.15) is 0 Å². The number of rotatable bonds is 7. The summed E-state index contributed by atoms with van der Waals surface area (Å²) in [6.07, 6.45) is 0. The largest absolute Gasteiger partial charge is 0.496 e. The fourth-order valence-corrected chi connectivity index (χ4v) is 3.98. The van der Waals surface area contributed by atoms with E-state index in [9.17, 15) is 4.79 Å². The first-order chi connectivity index (χ1) is 13.5. The van der Waals surface area contributed by atoms with Crippen LogP contribution in [0.4, 0.5) is 0 Å². The van der Waals surface area contributed by atoms with Crippen molar-refractivity contribution in [3.8, 4) is 5.75 Å². The highest BCUT2D eigenvalue weighted by Gasteiger charge is 2.25. The summed E-state index contributed by atoms with van der Waals surface area (Å²) < 4.78 is 5.51. The van der Waals surface area contributed by atoms with E-state index in [1.54, 1.807) is 12.0 Å². The van der Waals surface area contributed by atoms with E-state index < -0.39 is 0 Å². The van der Waals surface area contributed by atoms with Gasteiger partial charge in [-0.3, -0.25) is 4.79 Å². The normalized spacial score (nSPS) is 19.2. The van der Waals surface area contributed by atoms with Crippen LogP contribution in [0.15, 0.2) is 42.5 Å². The number of ether oxygens (including phenoxy) is 1. The molecular formula is C22H30ClN3O2+2. The lowest BCUT2D eigenvalue weighted by Gasteiger charge is -2.29. The molecule has 5 nitrogen and oxygen atoms in total. The van der Waals surface area contributed by atoms with Gasteiger partial charge in [0.1, 0.15) is 38.5 Å². The van der Waals surface area contributed by atoms with E-state index in [4.69, 9.17) is 16.3 Å². The summed E-state index contributed by atoms with van der Waals surface area (Å²) in [5.74, 6) is 1.06. The van der Waals surface area contributed by atoms with E-state index in [1.807, 2.05) is 24.3 Å². The predicted octanol–water partition coefficient (Wildman–Crippen LogP) is 0.257. The van der Waals surface area contributed by atoms with Gasteiger partial charge in [-0.15, -0.1) is 0 Å². The van der Waals surface area contributed by atoms with Crippen LogP contribution in [0, 0.1) is 6.92 Å². The number of carbonyl (C=O) groups is 1. The summed E-state index contributed by atoms with van der Waals surface area (Å²) in [6.45, 7) is 8.28. The average Bonchev–Trinajstić information content (AvgIpc) is 2.68. The van der Waals surface area contributed by atoms with Crippen molar-refractivity contribution in [1.29, 1.82) is 0 Å². The number of quaternary nitrogens is 2. The van der Waals surface area contributed by atoms with E-state index in [-0.39, 0.29) is 5.91 Å². The van der Waals surface area contributed by atoms with Crippen molar-refractivity contribution in [2.24, 2.45) is 0 Å². The van der Waals surface area contributed by atoms with Crippen LogP contribution >= 0.6 is 11.6 Å². The fraction of sp³-hybridized carbons (Fsp3) is 0.409. The Morgan fingerprint density at radius 1 is 1.11 bits per heavy atom. The van der Waals surface area contributed by atoms with Gasteiger partial charge in [0.25, 0.3) is 5.91 Å². The molecule has 1 amide bonds. The molecule has 0 radical (unpaired) electrons. The average molecular weight is 404 g/mol. The molecule has 1 fully saturated rings. The Balaban J connectivity index is 1.42. The third-order valence-electron chi connectivity index (χ3n) is 5.33. The van der Waals surface area contributed by atoms with E-state index in [1.165, 1.54) is 16.0 Å². The summed E-state index contributed by atoms with van der Waals surface area (Å²) in [4.78, 5) is 15.2. The molecule has 150 valence electrons. The minimum atomic E-state index is 0.0961. The molecule has 2 aromatic carbocycles. The number of methoxy groups -OCH3 is 1. The zero-order valence-corrected chi connectivity index (χ0v) is 17.4. The third kappa shape index (κ3) is 5.96. The van der Waals surface area contributed by atoms with Crippen LogP contribution < -0.4 is 19.9 Å². The van der Waals surface area contributed by atoms with Crippen molar-refractivity contribution in [1.82, 2.24) is 5.32 Å². The molecule has 0 unspecified atom stereocenters. The van der Waals surface area contributed by atoms with Crippen molar-refractivity contribution in [3.63, 3.8) is 0 Å². The number of aryl methyl sites for hydroxylation is 1. The number of piperazine rings is 1.